The first kappa shape index (κ1) is 19.5. The number of amides is 1. The summed E-state index contributed by atoms with van der Waals surface area (Å²) in [6.07, 6.45) is -0.323. The zero-order valence-corrected chi connectivity index (χ0v) is 15.4. The second kappa shape index (κ2) is 9.04. The maximum atomic E-state index is 12.5. The van der Waals surface area contributed by atoms with Crippen LogP contribution in [0.1, 0.15) is 31.9 Å². The van der Waals surface area contributed by atoms with Crippen LogP contribution in [-0.4, -0.2) is 23.7 Å². The minimum Gasteiger partial charge on any atom is -0.458 e. The summed E-state index contributed by atoms with van der Waals surface area (Å²) in [5.74, 6) is -0.488. The van der Waals surface area contributed by atoms with Crippen LogP contribution in [0.3, 0.4) is 0 Å². The second-order valence-corrected chi connectivity index (χ2v) is 6.98. The van der Waals surface area contributed by atoms with Crippen LogP contribution in [0.5, 0.6) is 0 Å². The highest BCUT2D eigenvalue weighted by Gasteiger charge is 2.27. The maximum absolute atomic E-state index is 12.5. The number of ether oxygens (including phenoxy) is 2. The Labute approximate surface area is 154 Å². The van der Waals surface area contributed by atoms with Crippen molar-refractivity contribution in [1.29, 1.82) is 0 Å². The van der Waals surface area contributed by atoms with E-state index < -0.39 is 23.7 Å². The summed E-state index contributed by atoms with van der Waals surface area (Å²) in [5.41, 5.74) is 1.16. The molecule has 1 amide bonds. The van der Waals surface area contributed by atoms with E-state index in [9.17, 15) is 9.59 Å². The van der Waals surface area contributed by atoms with Crippen molar-refractivity contribution in [2.45, 2.75) is 45.4 Å². The van der Waals surface area contributed by atoms with Crippen molar-refractivity contribution in [3.05, 3.63) is 71.8 Å². The Morgan fingerprint density at radius 2 is 1.46 bits per heavy atom. The van der Waals surface area contributed by atoms with Crippen molar-refractivity contribution in [2.75, 3.05) is 0 Å². The molecule has 0 spiro atoms. The number of esters is 1. The molecule has 2 aromatic carbocycles. The van der Waals surface area contributed by atoms with Crippen molar-refractivity contribution in [3.63, 3.8) is 0 Å². The van der Waals surface area contributed by atoms with E-state index in [2.05, 4.69) is 5.32 Å². The Balaban J connectivity index is 2.00. The molecule has 0 aromatic heterocycles. The zero-order valence-electron chi connectivity index (χ0n) is 15.4. The van der Waals surface area contributed by atoms with Crippen molar-refractivity contribution < 1.29 is 19.1 Å². The average molecular weight is 355 g/mol. The molecule has 5 nitrogen and oxygen atoms in total. The summed E-state index contributed by atoms with van der Waals surface area (Å²) in [4.78, 5) is 24.6. The van der Waals surface area contributed by atoms with Gasteiger partial charge in [-0.2, -0.15) is 0 Å². The molecule has 0 bridgehead atoms. The number of carbonyl (C=O) groups is 2. The van der Waals surface area contributed by atoms with E-state index in [1.807, 2.05) is 60.7 Å². The van der Waals surface area contributed by atoms with Gasteiger partial charge in [-0.05, 0) is 31.9 Å². The number of benzene rings is 2. The number of hydrogen-bond acceptors (Lipinski definition) is 4. The molecule has 0 fully saturated rings. The van der Waals surface area contributed by atoms with Gasteiger partial charge in [-0.15, -0.1) is 0 Å². The summed E-state index contributed by atoms with van der Waals surface area (Å²) in [6.45, 7) is 5.51. The first-order valence-corrected chi connectivity index (χ1v) is 8.57. The van der Waals surface area contributed by atoms with E-state index in [1.54, 1.807) is 20.8 Å². The molecule has 2 rings (SSSR count). The third kappa shape index (κ3) is 6.97. The largest absolute Gasteiger partial charge is 0.458 e. The van der Waals surface area contributed by atoms with Crippen LogP contribution >= 0.6 is 0 Å². The summed E-state index contributed by atoms with van der Waals surface area (Å²) >= 11 is 0. The summed E-state index contributed by atoms with van der Waals surface area (Å²) in [5, 5.41) is 2.62. The molecule has 0 aliphatic heterocycles. The molecule has 0 unspecified atom stereocenters. The Morgan fingerprint density at radius 1 is 0.923 bits per heavy atom. The lowest BCUT2D eigenvalue weighted by Crippen LogP contribution is -2.45. The van der Waals surface area contributed by atoms with Gasteiger partial charge < -0.3 is 14.8 Å². The Bertz CT molecular complexity index is 708. The van der Waals surface area contributed by atoms with Gasteiger partial charge in [-0.3, -0.25) is 0 Å². The first-order valence-electron chi connectivity index (χ1n) is 8.57. The Hall–Kier alpha value is -2.82. The van der Waals surface area contributed by atoms with E-state index >= 15 is 0 Å². The van der Waals surface area contributed by atoms with Gasteiger partial charge >= 0.3 is 12.1 Å². The van der Waals surface area contributed by atoms with Crippen molar-refractivity contribution in [2.24, 2.45) is 0 Å². The van der Waals surface area contributed by atoms with Crippen LogP contribution < -0.4 is 5.32 Å². The zero-order chi connectivity index (χ0) is 19.0. The van der Waals surface area contributed by atoms with Gasteiger partial charge in [0.25, 0.3) is 0 Å². The minimum absolute atomic E-state index is 0.138. The van der Waals surface area contributed by atoms with E-state index in [0.29, 0.717) is 6.42 Å². The summed E-state index contributed by atoms with van der Waals surface area (Å²) in [7, 11) is 0. The van der Waals surface area contributed by atoms with Crippen molar-refractivity contribution >= 4 is 12.1 Å². The normalized spacial score (nSPS) is 12.1. The van der Waals surface area contributed by atoms with Gasteiger partial charge in [0.2, 0.25) is 0 Å². The molecule has 26 heavy (non-hydrogen) atoms. The summed E-state index contributed by atoms with van der Waals surface area (Å²) in [6, 6.07) is 18.0. The Kier molecular flexibility index (Phi) is 6.78. The van der Waals surface area contributed by atoms with E-state index in [-0.39, 0.29) is 6.61 Å². The van der Waals surface area contributed by atoms with E-state index in [1.165, 1.54) is 0 Å². The molecule has 0 radical (unpaired) electrons. The molecule has 0 heterocycles. The van der Waals surface area contributed by atoms with Gasteiger partial charge in [-0.25, -0.2) is 9.59 Å². The lowest BCUT2D eigenvalue weighted by atomic mass is 10.1. The van der Waals surface area contributed by atoms with E-state index in [4.69, 9.17) is 9.47 Å². The third-order valence-electron chi connectivity index (χ3n) is 3.48. The molecule has 1 N–H and O–H groups in total. The highest BCUT2D eigenvalue weighted by Crippen LogP contribution is 2.12. The number of rotatable bonds is 6. The van der Waals surface area contributed by atoms with Gasteiger partial charge in [-0.1, -0.05) is 60.7 Å². The SMILES string of the molecule is CC(C)(C)OC(=O)[C@H](Cc1ccccc1)NC(=O)OCc1ccccc1. The van der Waals surface area contributed by atoms with Crippen LogP contribution in [-0.2, 0) is 27.3 Å². The van der Waals surface area contributed by atoms with Crippen LogP contribution in [0, 0.1) is 0 Å². The second-order valence-electron chi connectivity index (χ2n) is 6.98. The quantitative estimate of drug-likeness (QED) is 0.799. The fourth-order valence-corrected chi connectivity index (χ4v) is 2.32. The monoisotopic (exact) mass is 355 g/mol. The van der Waals surface area contributed by atoms with Crippen molar-refractivity contribution in [1.82, 2.24) is 5.32 Å². The van der Waals surface area contributed by atoms with Crippen LogP contribution in [0.2, 0.25) is 0 Å². The van der Waals surface area contributed by atoms with Gasteiger partial charge in [0.05, 0.1) is 0 Å². The fraction of sp³-hybridized carbons (Fsp3) is 0.333. The first-order chi connectivity index (χ1) is 12.3. The standard InChI is InChI=1S/C21H25NO4/c1-21(2,3)26-19(23)18(14-16-10-6-4-7-11-16)22-20(24)25-15-17-12-8-5-9-13-17/h4-13,18H,14-15H2,1-3H3,(H,22,24)/t18-/m0/s1. The van der Waals surface area contributed by atoms with Gasteiger partial charge in [0.15, 0.2) is 0 Å². The Morgan fingerprint density at radius 3 is 2.00 bits per heavy atom. The smallest absolute Gasteiger partial charge is 0.408 e. The highest BCUT2D eigenvalue weighted by atomic mass is 16.6. The molecular formula is C21H25NO4. The number of alkyl carbamates (subject to hydrolysis) is 1. The molecule has 0 saturated heterocycles. The lowest BCUT2D eigenvalue weighted by molar-refractivity contribution is -0.157. The van der Waals surface area contributed by atoms with Crippen molar-refractivity contribution in [3.8, 4) is 0 Å². The highest BCUT2D eigenvalue weighted by molar-refractivity contribution is 5.82. The van der Waals surface area contributed by atoms with Gasteiger partial charge in [0.1, 0.15) is 18.2 Å². The van der Waals surface area contributed by atoms with Gasteiger partial charge in [0, 0.05) is 6.42 Å². The molecular weight excluding hydrogens is 330 g/mol. The predicted octanol–water partition coefficient (Wildman–Crippen LogP) is 3.87. The predicted molar refractivity (Wildman–Crippen MR) is 99.5 cm³/mol. The average Bonchev–Trinajstić information content (AvgIpc) is 2.60. The lowest BCUT2D eigenvalue weighted by Gasteiger charge is -2.24. The third-order valence-corrected chi connectivity index (χ3v) is 3.48. The summed E-state index contributed by atoms with van der Waals surface area (Å²) < 4.78 is 10.6. The number of nitrogens with one attached hydrogen (secondary N) is 1. The molecule has 5 heteroatoms. The number of carbonyl (C=O) groups excluding carboxylic acids is 2. The number of hydrogen-bond donors (Lipinski definition) is 1. The molecule has 0 saturated carbocycles. The molecule has 1 atom stereocenters. The van der Waals surface area contributed by atoms with E-state index in [0.717, 1.165) is 11.1 Å². The minimum atomic E-state index is -0.820. The fourth-order valence-electron chi connectivity index (χ4n) is 2.32. The molecule has 2 aromatic rings. The maximum Gasteiger partial charge on any atom is 0.408 e. The van der Waals surface area contributed by atoms with Crippen LogP contribution in [0.25, 0.3) is 0 Å². The van der Waals surface area contributed by atoms with Crippen LogP contribution in [0.4, 0.5) is 4.79 Å². The topological polar surface area (TPSA) is 64.6 Å². The molecule has 0 aliphatic carbocycles. The molecule has 138 valence electrons. The molecule has 0 aliphatic rings. The van der Waals surface area contributed by atoms with Crippen LogP contribution in [0.15, 0.2) is 60.7 Å².